The molecular formula is C20H25NO. The normalized spacial score (nSPS) is 18.8. The Labute approximate surface area is 133 Å². The van der Waals surface area contributed by atoms with Gasteiger partial charge in [0.25, 0.3) is 0 Å². The molecule has 0 radical (unpaired) electrons. The number of nitrogens with zero attached hydrogens (tertiary/aromatic N) is 1. The number of aliphatic hydroxyl groups excluding tert-OH is 1. The first-order valence-electron chi connectivity index (χ1n) is 8.35. The molecule has 2 aromatic rings. The molecule has 0 bridgehead atoms. The topological polar surface area (TPSA) is 23.5 Å². The van der Waals surface area contributed by atoms with Crippen molar-refractivity contribution in [3.63, 3.8) is 0 Å². The van der Waals surface area contributed by atoms with Crippen molar-refractivity contribution in [2.45, 2.75) is 37.8 Å². The summed E-state index contributed by atoms with van der Waals surface area (Å²) >= 11 is 0. The Hall–Kier alpha value is -1.64. The van der Waals surface area contributed by atoms with Gasteiger partial charge in [0.05, 0.1) is 6.10 Å². The van der Waals surface area contributed by atoms with Gasteiger partial charge >= 0.3 is 0 Å². The molecule has 0 aliphatic carbocycles. The van der Waals surface area contributed by atoms with Gasteiger partial charge < -0.3 is 5.11 Å². The molecule has 1 saturated heterocycles. The molecule has 1 N–H and O–H groups in total. The first kappa shape index (κ1) is 15.3. The first-order valence-corrected chi connectivity index (χ1v) is 8.35. The molecule has 3 rings (SSSR count). The molecule has 0 spiro atoms. The van der Waals surface area contributed by atoms with E-state index in [0.29, 0.717) is 0 Å². The van der Waals surface area contributed by atoms with E-state index in [0.717, 1.165) is 25.1 Å². The Morgan fingerprint density at radius 1 is 0.818 bits per heavy atom. The third kappa shape index (κ3) is 3.76. The van der Waals surface area contributed by atoms with Crippen LogP contribution in [0.4, 0.5) is 0 Å². The molecule has 0 amide bonds. The highest BCUT2D eigenvalue weighted by Gasteiger charge is 2.28. The Bertz CT molecular complexity index is 548. The van der Waals surface area contributed by atoms with E-state index in [1.165, 1.54) is 24.8 Å². The zero-order valence-electron chi connectivity index (χ0n) is 13.1. The zero-order valence-corrected chi connectivity index (χ0v) is 13.1. The number of rotatable bonds is 5. The van der Waals surface area contributed by atoms with Gasteiger partial charge in [0.1, 0.15) is 0 Å². The minimum absolute atomic E-state index is 0.157. The van der Waals surface area contributed by atoms with E-state index in [9.17, 15) is 5.11 Å². The molecule has 22 heavy (non-hydrogen) atoms. The smallest absolute Gasteiger partial charge is 0.0948 e. The van der Waals surface area contributed by atoms with E-state index >= 15 is 0 Å². The van der Waals surface area contributed by atoms with Crippen molar-refractivity contribution in [2.75, 3.05) is 13.1 Å². The number of aliphatic hydroxyl groups is 1. The summed E-state index contributed by atoms with van der Waals surface area (Å²) in [6, 6.07) is 20.8. The van der Waals surface area contributed by atoms with Gasteiger partial charge in [-0.2, -0.15) is 0 Å². The van der Waals surface area contributed by atoms with Crippen molar-refractivity contribution in [3.8, 4) is 0 Å². The summed E-state index contributed by atoms with van der Waals surface area (Å²) < 4.78 is 0. The fraction of sp³-hybridized carbons (Fsp3) is 0.400. The van der Waals surface area contributed by atoms with Gasteiger partial charge in [-0.3, -0.25) is 4.90 Å². The second kappa shape index (κ2) is 7.57. The van der Waals surface area contributed by atoms with E-state index in [-0.39, 0.29) is 6.04 Å². The summed E-state index contributed by atoms with van der Waals surface area (Å²) in [6.45, 7) is 2.20. The lowest BCUT2D eigenvalue weighted by molar-refractivity contribution is 0.0373. The van der Waals surface area contributed by atoms with E-state index in [1.54, 1.807) is 0 Å². The SMILES string of the molecule is O[C@H](c1ccccc1)[C@H](Cc1ccccc1)N1CCCCC1. The molecule has 0 unspecified atom stereocenters. The number of likely N-dealkylation sites (tertiary alicyclic amines) is 1. The second-order valence-corrected chi connectivity index (χ2v) is 6.21. The van der Waals surface area contributed by atoms with Gasteiger partial charge in [-0.05, 0) is 43.5 Å². The van der Waals surface area contributed by atoms with E-state index in [2.05, 4.69) is 29.2 Å². The van der Waals surface area contributed by atoms with E-state index < -0.39 is 6.10 Å². The van der Waals surface area contributed by atoms with Gasteiger partial charge in [-0.15, -0.1) is 0 Å². The molecule has 116 valence electrons. The molecule has 2 nitrogen and oxygen atoms in total. The zero-order chi connectivity index (χ0) is 15.2. The molecule has 1 heterocycles. The molecular weight excluding hydrogens is 270 g/mol. The molecule has 1 fully saturated rings. The number of piperidine rings is 1. The van der Waals surface area contributed by atoms with Crippen LogP contribution in [-0.2, 0) is 6.42 Å². The predicted octanol–water partition coefficient (Wildman–Crippen LogP) is 3.82. The quantitative estimate of drug-likeness (QED) is 0.906. The lowest BCUT2D eigenvalue weighted by Crippen LogP contribution is -2.44. The number of benzene rings is 2. The maximum absolute atomic E-state index is 11.0. The molecule has 2 aromatic carbocycles. The highest BCUT2D eigenvalue weighted by atomic mass is 16.3. The summed E-state index contributed by atoms with van der Waals surface area (Å²) in [4.78, 5) is 2.48. The largest absolute Gasteiger partial charge is 0.387 e. The van der Waals surface area contributed by atoms with Crippen LogP contribution < -0.4 is 0 Å². The lowest BCUT2D eigenvalue weighted by atomic mass is 9.93. The maximum Gasteiger partial charge on any atom is 0.0948 e. The van der Waals surface area contributed by atoms with Crippen molar-refractivity contribution in [1.82, 2.24) is 4.90 Å². The van der Waals surface area contributed by atoms with Crippen molar-refractivity contribution >= 4 is 0 Å². The second-order valence-electron chi connectivity index (χ2n) is 6.21. The van der Waals surface area contributed by atoms with Crippen LogP contribution in [0.2, 0.25) is 0 Å². The molecule has 1 aliphatic heterocycles. The van der Waals surface area contributed by atoms with E-state index in [1.807, 2.05) is 36.4 Å². The average Bonchev–Trinajstić information content (AvgIpc) is 2.61. The van der Waals surface area contributed by atoms with Crippen molar-refractivity contribution < 1.29 is 5.11 Å². The van der Waals surface area contributed by atoms with Crippen LogP contribution >= 0.6 is 0 Å². The predicted molar refractivity (Wildman–Crippen MR) is 90.8 cm³/mol. The maximum atomic E-state index is 11.0. The number of hydrogen-bond acceptors (Lipinski definition) is 2. The van der Waals surface area contributed by atoms with Crippen LogP contribution in [0.25, 0.3) is 0 Å². The Morgan fingerprint density at radius 3 is 2.05 bits per heavy atom. The van der Waals surface area contributed by atoms with Crippen LogP contribution in [0.15, 0.2) is 60.7 Å². The highest BCUT2D eigenvalue weighted by molar-refractivity contribution is 5.22. The summed E-state index contributed by atoms with van der Waals surface area (Å²) in [5.74, 6) is 0. The fourth-order valence-corrected chi connectivity index (χ4v) is 3.42. The third-order valence-corrected chi connectivity index (χ3v) is 4.65. The van der Waals surface area contributed by atoms with Crippen LogP contribution in [-0.4, -0.2) is 29.1 Å². The van der Waals surface area contributed by atoms with E-state index in [4.69, 9.17) is 0 Å². The summed E-state index contributed by atoms with van der Waals surface area (Å²) in [7, 11) is 0. The minimum Gasteiger partial charge on any atom is -0.387 e. The molecule has 2 atom stereocenters. The van der Waals surface area contributed by atoms with Gasteiger partial charge in [0.2, 0.25) is 0 Å². The molecule has 1 aliphatic rings. The van der Waals surface area contributed by atoms with Crippen molar-refractivity contribution in [3.05, 3.63) is 71.8 Å². The Kier molecular flexibility index (Phi) is 5.25. The van der Waals surface area contributed by atoms with Gasteiger partial charge in [0, 0.05) is 6.04 Å². The van der Waals surface area contributed by atoms with Crippen molar-refractivity contribution in [1.29, 1.82) is 0 Å². The Morgan fingerprint density at radius 2 is 1.41 bits per heavy atom. The first-order chi connectivity index (χ1) is 10.8. The van der Waals surface area contributed by atoms with Crippen LogP contribution in [0.5, 0.6) is 0 Å². The molecule has 0 saturated carbocycles. The van der Waals surface area contributed by atoms with Crippen LogP contribution in [0, 0.1) is 0 Å². The van der Waals surface area contributed by atoms with Gasteiger partial charge in [-0.1, -0.05) is 67.1 Å². The minimum atomic E-state index is -0.431. The van der Waals surface area contributed by atoms with Crippen molar-refractivity contribution in [2.24, 2.45) is 0 Å². The van der Waals surface area contributed by atoms with Gasteiger partial charge in [0.15, 0.2) is 0 Å². The number of hydrogen-bond donors (Lipinski definition) is 1. The lowest BCUT2D eigenvalue weighted by Gasteiger charge is -2.37. The average molecular weight is 295 g/mol. The van der Waals surface area contributed by atoms with Gasteiger partial charge in [-0.25, -0.2) is 0 Å². The monoisotopic (exact) mass is 295 g/mol. The highest BCUT2D eigenvalue weighted by Crippen LogP contribution is 2.26. The van der Waals surface area contributed by atoms with Crippen LogP contribution in [0.1, 0.15) is 36.5 Å². The third-order valence-electron chi connectivity index (χ3n) is 4.65. The molecule has 2 heteroatoms. The summed E-state index contributed by atoms with van der Waals surface area (Å²) in [5, 5.41) is 11.0. The Balaban J connectivity index is 1.81. The standard InChI is InChI=1S/C20H25NO/c22-20(18-12-6-2-7-13-18)19(21-14-8-3-9-15-21)16-17-10-4-1-5-11-17/h1-2,4-7,10-13,19-20,22H,3,8-9,14-16H2/t19-,20+/m0/s1. The fourth-order valence-electron chi connectivity index (χ4n) is 3.42. The molecule has 0 aromatic heterocycles. The summed E-state index contributed by atoms with van der Waals surface area (Å²) in [5.41, 5.74) is 2.32. The van der Waals surface area contributed by atoms with Crippen LogP contribution in [0.3, 0.4) is 0 Å². The summed E-state index contributed by atoms with van der Waals surface area (Å²) in [6.07, 6.45) is 4.27.